The highest BCUT2D eigenvalue weighted by atomic mass is 16.5. The smallest absolute Gasteiger partial charge is 0.225 e. The predicted octanol–water partition coefficient (Wildman–Crippen LogP) is 1.54. The number of hydrogen-bond acceptors (Lipinski definition) is 5. The number of aliphatic hydroxyl groups excluding tert-OH is 1. The molecule has 1 aliphatic heterocycles. The average molecular weight is 277 g/mol. The van der Waals surface area contributed by atoms with Gasteiger partial charge in [-0.05, 0) is 32.3 Å². The average Bonchev–Trinajstić information content (AvgIpc) is 2.48. The van der Waals surface area contributed by atoms with E-state index in [2.05, 4.69) is 14.9 Å². The molecule has 3 rings (SSSR count). The van der Waals surface area contributed by atoms with Gasteiger partial charge in [-0.2, -0.15) is 0 Å². The fourth-order valence-electron chi connectivity index (χ4n) is 3.49. The van der Waals surface area contributed by atoms with Crippen LogP contribution in [0.25, 0.3) is 0 Å². The van der Waals surface area contributed by atoms with Crippen molar-refractivity contribution in [2.75, 3.05) is 24.6 Å². The lowest BCUT2D eigenvalue weighted by molar-refractivity contribution is -0.199. The molecule has 110 valence electrons. The van der Waals surface area contributed by atoms with Crippen LogP contribution in [0.15, 0.2) is 12.4 Å². The van der Waals surface area contributed by atoms with Crippen molar-refractivity contribution in [3.63, 3.8) is 0 Å². The maximum absolute atomic E-state index is 10.2. The Balaban J connectivity index is 1.65. The molecule has 1 saturated heterocycles. The van der Waals surface area contributed by atoms with Crippen LogP contribution in [-0.4, -0.2) is 47.0 Å². The number of anilines is 1. The van der Waals surface area contributed by atoms with E-state index in [1.54, 1.807) is 0 Å². The van der Waals surface area contributed by atoms with Crippen LogP contribution in [0.5, 0.6) is 0 Å². The summed E-state index contributed by atoms with van der Waals surface area (Å²) in [4.78, 5) is 11.0. The van der Waals surface area contributed by atoms with E-state index < -0.39 is 0 Å². The standard InChI is InChI=1S/C15H23N3O2/c1-3-20-13-8-12(19)15(13)4-6-18(7-5-15)14-16-9-11(2)10-17-14/h9-10,12-13,19H,3-8H2,1-2H3. The number of piperidine rings is 1. The molecule has 2 aliphatic rings. The highest BCUT2D eigenvalue weighted by Crippen LogP contribution is 2.51. The van der Waals surface area contributed by atoms with Crippen molar-refractivity contribution in [3.8, 4) is 0 Å². The van der Waals surface area contributed by atoms with Crippen molar-refractivity contribution in [1.29, 1.82) is 0 Å². The van der Waals surface area contributed by atoms with Crippen LogP contribution in [0.2, 0.25) is 0 Å². The van der Waals surface area contributed by atoms with Crippen LogP contribution in [0, 0.1) is 12.3 Å². The molecule has 1 saturated carbocycles. The summed E-state index contributed by atoms with van der Waals surface area (Å²) in [5, 5.41) is 10.2. The van der Waals surface area contributed by atoms with Gasteiger partial charge in [-0.3, -0.25) is 0 Å². The molecular formula is C15H23N3O2. The molecule has 1 aliphatic carbocycles. The first-order valence-corrected chi connectivity index (χ1v) is 7.49. The van der Waals surface area contributed by atoms with Crippen LogP contribution >= 0.6 is 0 Å². The highest BCUT2D eigenvalue weighted by Gasteiger charge is 2.56. The molecule has 0 amide bonds. The molecule has 2 heterocycles. The van der Waals surface area contributed by atoms with Crippen molar-refractivity contribution in [2.45, 2.75) is 45.3 Å². The molecule has 1 aromatic rings. The first-order valence-electron chi connectivity index (χ1n) is 7.49. The molecule has 0 aromatic carbocycles. The Hall–Kier alpha value is -1.20. The number of nitrogens with zero attached hydrogens (tertiary/aromatic N) is 3. The first kappa shape index (κ1) is 13.8. The number of aliphatic hydroxyl groups is 1. The zero-order valence-corrected chi connectivity index (χ0v) is 12.2. The molecular weight excluding hydrogens is 254 g/mol. The number of aryl methyl sites for hydroxylation is 1. The lowest BCUT2D eigenvalue weighted by atomic mass is 9.58. The molecule has 5 nitrogen and oxygen atoms in total. The molecule has 2 fully saturated rings. The van der Waals surface area contributed by atoms with Gasteiger partial charge in [0.2, 0.25) is 5.95 Å². The van der Waals surface area contributed by atoms with Crippen LogP contribution in [0.3, 0.4) is 0 Å². The van der Waals surface area contributed by atoms with E-state index in [0.717, 1.165) is 50.5 Å². The molecule has 1 aromatic heterocycles. The van der Waals surface area contributed by atoms with Crippen LogP contribution in [0.1, 0.15) is 31.7 Å². The molecule has 0 radical (unpaired) electrons. The summed E-state index contributed by atoms with van der Waals surface area (Å²) in [6, 6.07) is 0. The van der Waals surface area contributed by atoms with Crippen molar-refractivity contribution in [2.24, 2.45) is 5.41 Å². The minimum atomic E-state index is -0.208. The van der Waals surface area contributed by atoms with Gasteiger partial charge in [0.25, 0.3) is 0 Å². The molecule has 1 N–H and O–H groups in total. The zero-order valence-electron chi connectivity index (χ0n) is 12.2. The fourth-order valence-corrected chi connectivity index (χ4v) is 3.49. The van der Waals surface area contributed by atoms with Gasteiger partial charge in [-0.15, -0.1) is 0 Å². The van der Waals surface area contributed by atoms with E-state index >= 15 is 0 Å². The van der Waals surface area contributed by atoms with Gasteiger partial charge in [0, 0.05) is 43.9 Å². The second-order valence-electron chi connectivity index (χ2n) is 5.98. The monoisotopic (exact) mass is 277 g/mol. The quantitative estimate of drug-likeness (QED) is 0.908. The van der Waals surface area contributed by atoms with Crippen molar-refractivity contribution < 1.29 is 9.84 Å². The van der Waals surface area contributed by atoms with E-state index in [1.165, 1.54) is 0 Å². The SMILES string of the molecule is CCOC1CC(O)C12CCN(c1ncc(C)cn1)CC2. The number of rotatable bonds is 3. The maximum atomic E-state index is 10.2. The lowest BCUT2D eigenvalue weighted by Gasteiger charge is -2.56. The molecule has 0 bridgehead atoms. The third kappa shape index (κ3) is 2.19. The van der Waals surface area contributed by atoms with Gasteiger partial charge < -0.3 is 14.7 Å². The van der Waals surface area contributed by atoms with Crippen LogP contribution < -0.4 is 4.90 Å². The molecule has 20 heavy (non-hydrogen) atoms. The van der Waals surface area contributed by atoms with Crippen LogP contribution in [-0.2, 0) is 4.74 Å². The maximum Gasteiger partial charge on any atom is 0.225 e. The van der Waals surface area contributed by atoms with Gasteiger partial charge in [0.05, 0.1) is 12.2 Å². The first-order chi connectivity index (χ1) is 9.65. The largest absolute Gasteiger partial charge is 0.392 e. The predicted molar refractivity (Wildman–Crippen MR) is 76.7 cm³/mol. The fraction of sp³-hybridized carbons (Fsp3) is 0.733. The van der Waals surface area contributed by atoms with Crippen molar-refractivity contribution in [3.05, 3.63) is 18.0 Å². The Morgan fingerprint density at radius 3 is 2.55 bits per heavy atom. The van der Waals surface area contributed by atoms with E-state index in [1.807, 2.05) is 26.2 Å². The molecule has 5 heteroatoms. The molecule has 1 spiro atoms. The molecule has 2 atom stereocenters. The molecule has 2 unspecified atom stereocenters. The lowest BCUT2D eigenvalue weighted by Crippen LogP contribution is -2.62. The summed E-state index contributed by atoms with van der Waals surface area (Å²) in [5.74, 6) is 0.798. The summed E-state index contributed by atoms with van der Waals surface area (Å²) in [5.41, 5.74) is 1.05. The third-order valence-electron chi connectivity index (χ3n) is 4.85. The third-order valence-corrected chi connectivity index (χ3v) is 4.85. The zero-order chi connectivity index (χ0) is 14.2. The van der Waals surface area contributed by atoms with Crippen molar-refractivity contribution >= 4 is 5.95 Å². The Morgan fingerprint density at radius 2 is 2.00 bits per heavy atom. The summed E-state index contributed by atoms with van der Waals surface area (Å²) < 4.78 is 5.79. The van der Waals surface area contributed by atoms with Gasteiger partial charge in [0.15, 0.2) is 0 Å². The van der Waals surface area contributed by atoms with Crippen molar-refractivity contribution in [1.82, 2.24) is 9.97 Å². The normalized spacial score (nSPS) is 28.4. The van der Waals surface area contributed by atoms with E-state index in [4.69, 9.17) is 4.74 Å². The van der Waals surface area contributed by atoms with E-state index in [0.29, 0.717) is 0 Å². The Labute approximate surface area is 120 Å². The number of hydrogen-bond donors (Lipinski definition) is 1. The summed E-state index contributed by atoms with van der Waals surface area (Å²) in [7, 11) is 0. The van der Waals surface area contributed by atoms with Crippen LogP contribution in [0.4, 0.5) is 5.95 Å². The minimum Gasteiger partial charge on any atom is -0.392 e. The summed E-state index contributed by atoms with van der Waals surface area (Å²) >= 11 is 0. The second-order valence-corrected chi connectivity index (χ2v) is 5.98. The summed E-state index contributed by atoms with van der Waals surface area (Å²) in [6.07, 6.45) is 6.42. The van der Waals surface area contributed by atoms with E-state index in [9.17, 15) is 5.11 Å². The topological polar surface area (TPSA) is 58.5 Å². The van der Waals surface area contributed by atoms with Gasteiger partial charge in [-0.25, -0.2) is 9.97 Å². The second kappa shape index (κ2) is 5.30. The van der Waals surface area contributed by atoms with Gasteiger partial charge in [-0.1, -0.05) is 0 Å². The number of ether oxygens (including phenoxy) is 1. The Morgan fingerprint density at radius 1 is 1.35 bits per heavy atom. The van der Waals surface area contributed by atoms with Gasteiger partial charge in [0.1, 0.15) is 0 Å². The number of aromatic nitrogens is 2. The Kier molecular flexibility index (Phi) is 3.65. The highest BCUT2D eigenvalue weighted by molar-refractivity contribution is 5.31. The summed E-state index contributed by atoms with van der Waals surface area (Å²) in [6.45, 7) is 6.53. The Bertz CT molecular complexity index is 453. The van der Waals surface area contributed by atoms with E-state index in [-0.39, 0.29) is 17.6 Å². The minimum absolute atomic E-state index is 0.0305. The van der Waals surface area contributed by atoms with Gasteiger partial charge >= 0.3 is 0 Å².